The Morgan fingerprint density at radius 2 is 1.35 bits per heavy atom. The van der Waals surface area contributed by atoms with E-state index in [9.17, 15) is 0 Å². The van der Waals surface area contributed by atoms with Crippen LogP contribution in [0.5, 0.6) is 0 Å². The Hall–Kier alpha value is -1.12. The molecule has 0 aliphatic heterocycles. The minimum absolute atomic E-state index is 0. The van der Waals surface area contributed by atoms with Gasteiger partial charge < -0.3 is 17.0 Å². The van der Waals surface area contributed by atoms with Crippen LogP contribution in [0.1, 0.15) is 12.5 Å². The summed E-state index contributed by atoms with van der Waals surface area (Å²) in [6.45, 7) is 4.39. The first-order valence-corrected chi connectivity index (χ1v) is 5.84. The number of para-hydroxylation sites is 1. The standard InChI is InChI=1S/C15H17N.BrH/c1-2-16(15-11-7-4-8-12-15)13-14-9-5-3-6-10-14;/h3-12H,2,13H2,1H3;1H. The highest BCUT2D eigenvalue weighted by molar-refractivity contribution is 5.28. The van der Waals surface area contributed by atoms with E-state index in [2.05, 4.69) is 67.6 Å². The molecule has 0 spiro atoms. The number of hydrogen-bond acceptors (Lipinski definition) is 0. The zero-order chi connectivity index (χ0) is 11.2. The Kier molecular flexibility index (Phi) is 5.95. The van der Waals surface area contributed by atoms with Crippen molar-refractivity contribution in [2.24, 2.45) is 0 Å². The molecule has 0 heterocycles. The van der Waals surface area contributed by atoms with Crippen molar-refractivity contribution in [3.05, 3.63) is 66.2 Å². The number of rotatable bonds is 4. The van der Waals surface area contributed by atoms with Gasteiger partial charge in [-0.05, 0) is 19.1 Å². The van der Waals surface area contributed by atoms with Gasteiger partial charge in [-0.2, -0.15) is 0 Å². The van der Waals surface area contributed by atoms with Crippen LogP contribution in [-0.2, 0) is 6.54 Å². The molecule has 17 heavy (non-hydrogen) atoms. The predicted molar refractivity (Wildman–Crippen MR) is 67.8 cm³/mol. The minimum atomic E-state index is 0. The topological polar surface area (TPSA) is 4.44 Å². The van der Waals surface area contributed by atoms with Gasteiger partial charge in [-0.3, -0.25) is 4.90 Å². The number of hydrogen-bond donors (Lipinski definition) is 1. The Bertz CT molecular complexity index is 413. The first-order chi connectivity index (χ1) is 7.90. The largest absolute Gasteiger partial charge is 1.00 e. The summed E-state index contributed by atoms with van der Waals surface area (Å²) < 4.78 is 0. The van der Waals surface area contributed by atoms with E-state index in [1.54, 1.807) is 0 Å². The molecule has 0 radical (unpaired) electrons. The van der Waals surface area contributed by atoms with Crippen molar-refractivity contribution in [1.29, 1.82) is 0 Å². The first-order valence-electron chi connectivity index (χ1n) is 5.84. The Balaban J connectivity index is 0.00000144. The molecule has 2 heteroatoms. The first kappa shape index (κ1) is 13.9. The number of benzene rings is 2. The molecular weight excluding hydrogens is 274 g/mol. The summed E-state index contributed by atoms with van der Waals surface area (Å²) in [7, 11) is 0. The van der Waals surface area contributed by atoms with Crippen molar-refractivity contribution in [2.75, 3.05) is 6.54 Å². The molecule has 90 valence electrons. The lowest BCUT2D eigenvalue weighted by molar-refractivity contribution is -0.845. The molecule has 1 atom stereocenters. The van der Waals surface area contributed by atoms with Gasteiger partial charge in [-0.1, -0.05) is 48.5 Å². The number of halogens is 1. The van der Waals surface area contributed by atoms with Gasteiger partial charge in [0.1, 0.15) is 12.2 Å². The van der Waals surface area contributed by atoms with E-state index < -0.39 is 0 Å². The van der Waals surface area contributed by atoms with Crippen LogP contribution in [0.2, 0.25) is 0 Å². The maximum absolute atomic E-state index is 2.23. The van der Waals surface area contributed by atoms with Crippen molar-refractivity contribution in [2.45, 2.75) is 13.5 Å². The summed E-state index contributed by atoms with van der Waals surface area (Å²) in [5.74, 6) is 0. The molecular formula is C15H18BrN. The molecule has 0 saturated carbocycles. The highest BCUT2D eigenvalue weighted by Gasteiger charge is 2.09. The molecule has 0 bridgehead atoms. The maximum atomic E-state index is 2.23. The Morgan fingerprint density at radius 3 is 1.88 bits per heavy atom. The SMILES string of the molecule is CC[NH+](Cc1ccccc1)c1ccccc1.[Br-]. The fourth-order valence-electron chi connectivity index (χ4n) is 1.95. The fourth-order valence-corrected chi connectivity index (χ4v) is 1.95. The summed E-state index contributed by atoms with van der Waals surface area (Å²) >= 11 is 0. The average Bonchev–Trinajstić information content (AvgIpc) is 2.38. The second-order valence-corrected chi connectivity index (χ2v) is 3.99. The monoisotopic (exact) mass is 291 g/mol. The minimum Gasteiger partial charge on any atom is -1.00 e. The van der Waals surface area contributed by atoms with Gasteiger partial charge in [-0.15, -0.1) is 0 Å². The van der Waals surface area contributed by atoms with Crippen molar-refractivity contribution in [3.63, 3.8) is 0 Å². The Labute approximate surface area is 114 Å². The van der Waals surface area contributed by atoms with Crippen LogP contribution in [0, 0.1) is 0 Å². The molecule has 0 saturated heterocycles. The lowest BCUT2D eigenvalue weighted by atomic mass is 10.2. The van der Waals surface area contributed by atoms with Gasteiger partial charge in [0.05, 0.1) is 6.54 Å². The van der Waals surface area contributed by atoms with Crippen molar-refractivity contribution >= 4 is 5.69 Å². The average molecular weight is 292 g/mol. The smallest absolute Gasteiger partial charge is 0.131 e. The lowest BCUT2D eigenvalue weighted by Gasteiger charge is -2.17. The second-order valence-electron chi connectivity index (χ2n) is 3.99. The summed E-state index contributed by atoms with van der Waals surface area (Å²) in [5, 5.41) is 0. The molecule has 2 aromatic carbocycles. The van der Waals surface area contributed by atoms with Crippen molar-refractivity contribution < 1.29 is 21.9 Å². The van der Waals surface area contributed by atoms with Crippen LogP contribution in [0.3, 0.4) is 0 Å². The van der Waals surface area contributed by atoms with Gasteiger partial charge in [0.15, 0.2) is 0 Å². The highest BCUT2D eigenvalue weighted by atomic mass is 79.9. The quantitative estimate of drug-likeness (QED) is 0.770. The van der Waals surface area contributed by atoms with E-state index in [-0.39, 0.29) is 17.0 Å². The summed E-state index contributed by atoms with van der Waals surface area (Å²) in [5.41, 5.74) is 2.76. The molecule has 1 nitrogen and oxygen atoms in total. The van der Waals surface area contributed by atoms with E-state index in [0.29, 0.717) is 0 Å². The summed E-state index contributed by atoms with van der Waals surface area (Å²) in [6.07, 6.45) is 0. The summed E-state index contributed by atoms with van der Waals surface area (Å²) in [6, 6.07) is 21.3. The van der Waals surface area contributed by atoms with Crippen LogP contribution in [0.15, 0.2) is 60.7 Å². The summed E-state index contributed by atoms with van der Waals surface area (Å²) in [4.78, 5) is 1.51. The second kappa shape index (κ2) is 7.25. The molecule has 0 amide bonds. The van der Waals surface area contributed by atoms with E-state index >= 15 is 0 Å². The van der Waals surface area contributed by atoms with Crippen LogP contribution in [-0.4, -0.2) is 6.54 Å². The third-order valence-electron chi connectivity index (χ3n) is 2.87. The Morgan fingerprint density at radius 1 is 0.824 bits per heavy atom. The van der Waals surface area contributed by atoms with E-state index in [1.165, 1.54) is 16.2 Å². The van der Waals surface area contributed by atoms with Gasteiger partial charge in [0.2, 0.25) is 0 Å². The number of nitrogens with one attached hydrogen (secondary N) is 1. The third kappa shape index (κ3) is 3.99. The van der Waals surface area contributed by atoms with E-state index in [1.807, 2.05) is 0 Å². The zero-order valence-corrected chi connectivity index (χ0v) is 11.7. The number of quaternary nitrogens is 1. The molecule has 0 fully saturated rings. The lowest BCUT2D eigenvalue weighted by Crippen LogP contribution is -3.05. The van der Waals surface area contributed by atoms with Crippen molar-refractivity contribution in [1.82, 2.24) is 0 Å². The zero-order valence-electron chi connectivity index (χ0n) is 10.1. The van der Waals surface area contributed by atoms with Crippen LogP contribution < -0.4 is 21.9 Å². The highest BCUT2D eigenvalue weighted by Crippen LogP contribution is 2.01. The maximum Gasteiger partial charge on any atom is 0.131 e. The molecule has 2 rings (SSSR count). The van der Waals surface area contributed by atoms with Gasteiger partial charge in [-0.25, -0.2) is 0 Å². The van der Waals surface area contributed by atoms with E-state index in [4.69, 9.17) is 0 Å². The van der Waals surface area contributed by atoms with Crippen LogP contribution in [0.25, 0.3) is 0 Å². The third-order valence-corrected chi connectivity index (χ3v) is 2.87. The molecule has 0 aromatic heterocycles. The van der Waals surface area contributed by atoms with Crippen LogP contribution in [0.4, 0.5) is 5.69 Å². The molecule has 2 aromatic rings. The van der Waals surface area contributed by atoms with E-state index in [0.717, 1.165) is 13.1 Å². The molecule has 0 aliphatic rings. The van der Waals surface area contributed by atoms with Crippen LogP contribution >= 0.6 is 0 Å². The fraction of sp³-hybridized carbons (Fsp3) is 0.200. The predicted octanol–water partition coefficient (Wildman–Crippen LogP) is -0.573. The molecule has 1 unspecified atom stereocenters. The van der Waals surface area contributed by atoms with Gasteiger partial charge >= 0.3 is 0 Å². The molecule has 0 aliphatic carbocycles. The van der Waals surface area contributed by atoms with Crippen molar-refractivity contribution in [3.8, 4) is 0 Å². The molecule has 1 N–H and O–H groups in total. The normalized spacial score (nSPS) is 11.6. The van der Waals surface area contributed by atoms with Gasteiger partial charge in [0.25, 0.3) is 0 Å². The van der Waals surface area contributed by atoms with Gasteiger partial charge in [0, 0.05) is 5.56 Å².